The molecule has 17 heteroatoms. The molecule has 0 aromatic carbocycles. The molecule has 1 aromatic heterocycles. The summed E-state index contributed by atoms with van der Waals surface area (Å²) in [6.45, 7) is 17.7. The highest BCUT2D eigenvalue weighted by Crippen LogP contribution is 2.18. The number of ether oxygens (including phenoxy) is 12. The van der Waals surface area contributed by atoms with Crippen LogP contribution in [0.5, 0.6) is 0 Å². The molecular weight excluding hydrogens is 670 g/mol. The Morgan fingerprint density at radius 2 is 0.627 bits per heavy atom. The Bertz CT molecular complexity index is 837. The van der Waals surface area contributed by atoms with Gasteiger partial charge in [-0.25, -0.2) is 0 Å². The molecule has 0 saturated heterocycles. The van der Waals surface area contributed by atoms with Crippen molar-refractivity contribution in [2.45, 2.75) is 6.92 Å². The molecule has 1 rings (SSSR count). The lowest BCUT2D eigenvalue weighted by molar-refractivity contribution is 0.0233. The minimum absolute atomic E-state index is 0.432. The predicted octanol–water partition coefficient (Wildman–Crippen LogP) is 1.24. The third kappa shape index (κ3) is 26.3. The van der Waals surface area contributed by atoms with Crippen molar-refractivity contribution in [1.82, 2.24) is 15.0 Å². The summed E-state index contributed by atoms with van der Waals surface area (Å²) in [5.41, 5.74) is 0.711. The van der Waals surface area contributed by atoms with E-state index in [-0.39, 0.29) is 0 Å². The molecule has 0 bridgehead atoms. The number of anilines is 2. The van der Waals surface area contributed by atoms with Gasteiger partial charge in [0.05, 0.1) is 132 Å². The van der Waals surface area contributed by atoms with Gasteiger partial charge in [0.2, 0.25) is 11.9 Å². The van der Waals surface area contributed by atoms with Gasteiger partial charge in [-0.3, -0.25) is 0 Å². The molecule has 0 N–H and O–H groups in total. The van der Waals surface area contributed by atoms with Gasteiger partial charge in [0.15, 0.2) is 5.82 Å². The fourth-order valence-corrected chi connectivity index (χ4v) is 4.01. The van der Waals surface area contributed by atoms with Crippen molar-refractivity contribution in [3.05, 3.63) is 12.4 Å². The van der Waals surface area contributed by atoms with Crippen LogP contribution in [-0.4, -0.2) is 202 Å². The average molecular weight is 736 g/mol. The lowest BCUT2D eigenvalue weighted by atomic mass is 10.3. The maximum atomic E-state index is 5.87. The van der Waals surface area contributed by atoms with Gasteiger partial charge < -0.3 is 66.6 Å². The first-order chi connectivity index (χ1) is 25.1. The Morgan fingerprint density at radius 3 is 0.863 bits per heavy atom. The van der Waals surface area contributed by atoms with E-state index in [0.29, 0.717) is 182 Å². The molecule has 0 aliphatic carbocycles. The first-order valence-electron chi connectivity index (χ1n) is 17.6. The molecule has 298 valence electrons. The Hall–Kier alpha value is -2.13. The van der Waals surface area contributed by atoms with Gasteiger partial charge in [0.25, 0.3) is 0 Å². The van der Waals surface area contributed by atoms with Gasteiger partial charge in [0.1, 0.15) is 0 Å². The van der Waals surface area contributed by atoms with Gasteiger partial charge in [-0.15, -0.1) is 0 Å². The van der Waals surface area contributed by atoms with Crippen LogP contribution in [0.15, 0.2) is 6.58 Å². The molecule has 0 saturated carbocycles. The molecule has 0 radical (unpaired) electrons. The van der Waals surface area contributed by atoms with Crippen molar-refractivity contribution in [3.63, 3.8) is 0 Å². The average Bonchev–Trinajstić information content (AvgIpc) is 3.13. The highest BCUT2D eigenvalue weighted by molar-refractivity contribution is 5.57. The van der Waals surface area contributed by atoms with E-state index in [4.69, 9.17) is 71.8 Å². The van der Waals surface area contributed by atoms with Gasteiger partial charge in [-0.2, -0.15) is 15.0 Å². The van der Waals surface area contributed by atoms with Crippen LogP contribution in [0.1, 0.15) is 12.7 Å². The monoisotopic (exact) mass is 735 g/mol. The third-order valence-corrected chi connectivity index (χ3v) is 6.80. The van der Waals surface area contributed by atoms with Gasteiger partial charge in [-0.05, 0) is 12.5 Å². The molecule has 0 aliphatic rings. The molecule has 17 nitrogen and oxygen atoms in total. The Labute approximate surface area is 305 Å². The number of hydrogen-bond donors (Lipinski definition) is 0. The summed E-state index contributed by atoms with van der Waals surface area (Å²) in [7, 11) is 6.57. The van der Waals surface area contributed by atoms with E-state index in [0.717, 1.165) is 0 Å². The summed E-state index contributed by atoms with van der Waals surface area (Å²) in [5.74, 6) is 1.47. The Balaban J connectivity index is 3.02. The molecule has 51 heavy (non-hydrogen) atoms. The summed E-state index contributed by atoms with van der Waals surface area (Å²) in [6, 6.07) is 0. The van der Waals surface area contributed by atoms with Crippen molar-refractivity contribution in [2.24, 2.45) is 0 Å². The van der Waals surface area contributed by atoms with Crippen LogP contribution in [0.4, 0.5) is 11.9 Å². The van der Waals surface area contributed by atoms with E-state index in [1.165, 1.54) is 0 Å². The van der Waals surface area contributed by atoms with Gasteiger partial charge in [0, 0.05) is 54.6 Å². The van der Waals surface area contributed by atoms with Crippen LogP contribution >= 0.6 is 0 Å². The Kier molecular flexibility index (Phi) is 32.1. The first-order valence-corrected chi connectivity index (χ1v) is 17.6. The second-order valence-electron chi connectivity index (χ2n) is 10.9. The molecule has 0 unspecified atom stereocenters. The van der Waals surface area contributed by atoms with Crippen LogP contribution < -0.4 is 9.80 Å². The second kappa shape index (κ2) is 34.9. The highest BCUT2D eigenvalue weighted by Gasteiger charge is 2.18. The molecule has 0 amide bonds. The molecule has 0 fully saturated rings. The largest absolute Gasteiger partial charge is 0.382 e. The zero-order valence-electron chi connectivity index (χ0n) is 31.8. The van der Waals surface area contributed by atoms with Gasteiger partial charge >= 0.3 is 0 Å². The maximum Gasteiger partial charge on any atom is 0.230 e. The smallest absolute Gasteiger partial charge is 0.230 e. The third-order valence-electron chi connectivity index (χ3n) is 6.80. The van der Waals surface area contributed by atoms with Crippen LogP contribution in [0.3, 0.4) is 0 Å². The molecule has 0 aliphatic heterocycles. The molecular formula is C34H65N5O12. The standard InChI is InChI=1S/C34H65N5O12/c1-31(2)32-35-33(38(7-11-44-23-27-48-19-15-40-3)8-12-45-24-28-49-20-16-41-4)37-34(36-32)39(9-13-46-25-29-50-21-17-42-5)10-14-47-26-30-51-22-18-43-6/h1,7-30H2,2-6H3. The fourth-order valence-electron chi connectivity index (χ4n) is 4.01. The number of allylic oxidation sites excluding steroid dienone is 1. The number of nitrogens with zero attached hydrogens (tertiary/aromatic N) is 5. The molecule has 0 spiro atoms. The van der Waals surface area contributed by atoms with Gasteiger partial charge in [-0.1, -0.05) is 6.58 Å². The van der Waals surface area contributed by atoms with E-state index in [1.54, 1.807) is 28.4 Å². The lowest BCUT2D eigenvalue weighted by Gasteiger charge is -2.27. The minimum atomic E-state index is 0.432. The zero-order valence-corrected chi connectivity index (χ0v) is 31.8. The lowest BCUT2D eigenvalue weighted by Crippen LogP contribution is -2.36. The van der Waals surface area contributed by atoms with Crippen molar-refractivity contribution in [2.75, 3.05) is 197 Å². The van der Waals surface area contributed by atoms with E-state index in [2.05, 4.69) is 6.58 Å². The number of hydrogen-bond acceptors (Lipinski definition) is 17. The number of rotatable bonds is 39. The quantitative estimate of drug-likeness (QED) is 0.0890. The maximum absolute atomic E-state index is 5.87. The van der Waals surface area contributed by atoms with Crippen molar-refractivity contribution in [1.29, 1.82) is 0 Å². The SMILES string of the molecule is C=C(C)c1nc(N(CCOCCOCCOC)CCOCCOCCOC)nc(N(CCOCCOCCOC)CCOCCOCCOC)n1. The normalized spacial score (nSPS) is 11.4. The highest BCUT2D eigenvalue weighted by atomic mass is 16.6. The van der Waals surface area contributed by atoms with Crippen LogP contribution in [0.25, 0.3) is 5.57 Å². The summed E-state index contributed by atoms with van der Waals surface area (Å²) in [4.78, 5) is 18.5. The fraction of sp³-hybridized carbons (Fsp3) is 0.853. The Morgan fingerprint density at radius 1 is 0.392 bits per heavy atom. The van der Waals surface area contributed by atoms with E-state index < -0.39 is 0 Å². The molecule has 0 atom stereocenters. The van der Waals surface area contributed by atoms with Crippen LogP contribution in [0.2, 0.25) is 0 Å². The molecule has 1 heterocycles. The first kappa shape index (κ1) is 46.9. The second-order valence-corrected chi connectivity index (χ2v) is 10.9. The van der Waals surface area contributed by atoms with Crippen molar-refractivity contribution >= 4 is 17.5 Å². The topological polar surface area (TPSA) is 156 Å². The summed E-state index contributed by atoms with van der Waals surface area (Å²) < 4.78 is 65.6. The predicted molar refractivity (Wildman–Crippen MR) is 193 cm³/mol. The number of methoxy groups -OCH3 is 4. The van der Waals surface area contributed by atoms with Crippen LogP contribution in [-0.2, 0) is 56.8 Å². The summed E-state index contributed by atoms with van der Waals surface area (Å²) >= 11 is 0. The minimum Gasteiger partial charge on any atom is -0.382 e. The van der Waals surface area contributed by atoms with Crippen molar-refractivity contribution in [3.8, 4) is 0 Å². The molecule has 1 aromatic rings. The zero-order chi connectivity index (χ0) is 37.0. The van der Waals surface area contributed by atoms with Crippen LogP contribution in [0, 0.1) is 0 Å². The number of aromatic nitrogens is 3. The summed E-state index contributed by atoms with van der Waals surface area (Å²) in [5, 5.41) is 0. The van der Waals surface area contributed by atoms with Crippen molar-refractivity contribution < 1.29 is 56.8 Å². The van der Waals surface area contributed by atoms with E-state index in [1.807, 2.05) is 16.7 Å². The van der Waals surface area contributed by atoms with E-state index in [9.17, 15) is 0 Å². The summed E-state index contributed by atoms with van der Waals surface area (Å²) in [6.07, 6.45) is 0. The van der Waals surface area contributed by atoms with E-state index >= 15 is 0 Å².